The molecule has 1 aromatic rings. The molecule has 0 unspecified atom stereocenters. The average molecular weight is 371 g/mol. The minimum atomic E-state index is 0.0969. The van der Waals surface area contributed by atoms with Crippen LogP contribution in [0, 0.1) is 12.8 Å². The molecule has 0 bridgehead atoms. The summed E-state index contributed by atoms with van der Waals surface area (Å²) >= 11 is 0. The van der Waals surface area contributed by atoms with E-state index < -0.39 is 0 Å². The van der Waals surface area contributed by atoms with Crippen LogP contribution in [0.2, 0.25) is 0 Å². The first kappa shape index (κ1) is 20.1. The van der Waals surface area contributed by atoms with Crippen LogP contribution in [0.4, 0.5) is 0 Å². The number of piperidine rings is 1. The van der Waals surface area contributed by atoms with Crippen molar-refractivity contribution in [2.75, 3.05) is 26.2 Å². The highest BCUT2D eigenvalue weighted by molar-refractivity contribution is 5.97. The number of amides is 1. The molecule has 1 aromatic carbocycles. The molecule has 2 fully saturated rings. The molecular formula is C23H34N2O2. The van der Waals surface area contributed by atoms with Crippen molar-refractivity contribution in [3.05, 3.63) is 35.4 Å². The van der Waals surface area contributed by atoms with Gasteiger partial charge in [-0.05, 0) is 52.6 Å². The minimum absolute atomic E-state index is 0.0969. The summed E-state index contributed by atoms with van der Waals surface area (Å²) in [4.78, 5) is 29.9. The van der Waals surface area contributed by atoms with E-state index in [-0.39, 0.29) is 17.6 Å². The summed E-state index contributed by atoms with van der Waals surface area (Å²) in [5.74, 6) is 0.630. The second-order valence-electron chi connectivity index (χ2n) is 8.25. The van der Waals surface area contributed by atoms with Crippen molar-refractivity contribution in [2.45, 2.75) is 64.8 Å². The normalized spacial score (nSPS) is 19.8. The number of carbonyl (C=O) groups is 2. The average Bonchev–Trinajstić information content (AvgIpc) is 2.70. The molecule has 1 amide bonds. The Bertz CT molecular complexity index is 626. The molecule has 2 aliphatic rings. The molecular weight excluding hydrogens is 336 g/mol. The first-order valence-electron chi connectivity index (χ1n) is 10.7. The van der Waals surface area contributed by atoms with Crippen LogP contribution in [0.3, 0.4) is 0 Å². The number of hydrogen-bond donors (Lipinski definition) is 0. The fraction of sp³-hybridized carbons (Fsp3) is 0.652. The zero-order valence-corrected chi connectivity index (χ0v) is 17.0. The monoisotopic (exact) mass is 370 g/mol. The molecule has 3 rings (SSSR count). The third-order valence-electron chi connectivity index (χ3n) is 6.33. The van der Waals surface area contributed by atoms with Crippen LogP contribution in [0.15, 0.2) is 24.3 Å². The van der Waals surface area contributed by atoms with Gasteiger partial charge in [0.05, 0.1) is 6.54 Å². The fourth-order valence-electron chi connectivity index (χ4n) is 4.62. The van der Waals surface area contributed by atoms with Crippen molar-refractivity contribution < 1.29 is 9.59 Å². The van der Waals surface area contributed by atoms with E-state index in [1.54, 1.807) is 0 Å². The Balaban J connectivity index is 1.49. The smallest absolute Gasteiger partial charge is 0.236 e. The molecule has 1 saturated heterocycles. The molecule has 1 aliphatic carbocycles. The molecule has 1 heterocycles. The summed E-state index contributed by atoms with van der Waals surface area (Å²) in [5, 5.41) is 0. The SMILES string of the molecule is CCN(C(=O)CN1CCC(C(=O)c2ccc(C)cc2)CC1)C1CCCCC1. The number of Topliss-reactive ketones (excluding diaryl/α,β-unsaturated/α-hetero) is 1. The van der Waals surface area contributed by atoms with Gasteiger partial charge in [0.15, 0.2) is 5.78 Å². The van der Waals surface area contributed by atoms with Gasteiger partial charge in [-0.3, -0.25) is 14.5 Å². The van der Waals surface area contributed by atoms with E-state index in [0.29, 0.717) is 12.6 Å². The van der Waals surface area contributed by atoms with Crippen LogP contribution in [-0.2, 0) is 4.79 Å². The van der Waals surface area contributed by atoms with Crippen LogP contribution in [0.25, 0.3) is 0 Å². The van der Waals surface area contributed by atoms with Gasteiger partial charge in [0.2, 0.25) is 5.91 Å². The number of nitrogens with zero attached hydrogens (tertiary/aromatic N) is 2. The third-order valence-corrected chi connectivity index (χ3v) is 6.33. The van der Waals surface area contributed by atoms with Gasteiger partial charge >= 0.3 is 0 Å². The van der Waals surface area contributed by atoms with E-state index in [9.17, 15) is 9.59 Å². The number of aryl methyl sites for hydroxylation is 1. The lowest BCUT2D eigenvalue weighted by Crippen LogP contribution is -2.48. The predicted octanol–water partition coefficient (Wildman–Crippen LogP) is 4.07. The first-order chi connectivity index (χ1) is 13.1. The summed E-state index contributed by atoms with van der Waals surface area (Å²) < 4.78 is 0. The second-order valence-corrected chi connectivity index (χ2v) is 8.25. The number of ketones is 1. The van der Waals surface area contributed by atoms with Gasteiger partial charge in [-0.25, -0.2) is 0 Å². The molecule has 1 aliphatic heterocycles. The Kier molecular flexibility index (Phi) is 7.06. The Labute approximate surface area is 163 Å². The van der Waals surface area contributed by atoms with Crippen LogP contribution in [0.5, 0.6) is 0 Å². The van der Waals surface area contributed by atoms with Crippen LogP contribution < -0.4 is 0 Å². The summed E-state index contributed by atoms with van der Waals surface area (Å²) in [6, 6.07) is 8.34. The van der Waals surface area contributed by atoms with E-state index in [1.807, 2.05) is 31.2 Å². The highest BCUT2D eigenvalue weighted by Crippen LogP contribution is 2.24. The zero-order chi connectivity index (χ0) is 19.2. The molecule has 4 nitrogen and oxygen atoms in total. The van der Waals surface area contributed by atoms with Crippen molar-refractivity contribution in [3.8, 4) is 0 Å². The van der Waals surface area contributed by atoms with Crippen LogP contribution in [-0.4, -0.2) is 53.7 Å². The second kappa shape index (κ2) is 9.50. The Morgan fingerprint density at radius 3 is 2.22 bits per heavy atom. The van der Waals surface area contributed by atoms with Crippen LogP contribution >= 0.6 is 0 Å². The molecule has 27 heavy (non-hydrogen) atoms. The lowest BCUT2D eigenvalue weighted by Gasteiger charge is -2.36. The van der Waals surface area contributed by atoms with E-state index in [4.69, 9.17) is 0 Å². The van der Waals surface area contributed by atoms with Gasteiger partial charge in [-0.15, -0.1) is 0 Å². The molecule has 0 atom stereocenters. The van der Waals surface area contributed by atoms with E-state index in [0.717, 1.165) is 50.9 Å². The fourth-order valence-corrected chi connectivity index (χ4v) is 4.62. The van der Waals surface area contributed by atoms with Crippen molar-refractivity contribution in [2.24, 2.45) is 5.92 Å². The minimum Gasteiger partial charge on any atom is -0.339 e. The molecule has 1 saturated carbocycles. The van der Waals surface area contributed by atoms with Crippen molar-refractivity contribution in [1.82, 2.24) is 9.80 Å². The number of benzene rings is 1. The van der Waals surface area contributed by atoms with Gasteiger partial charge in [0.1, 0.15) is 0 Å². The molecule has 4 heteroatoms. The maximum absolute atomic E-state index is 12.8. The number of hydrogen-bond acceptors (Lipinski definition) is 3. The van der Waals surface area contributed by atoms with Gasteiger partial charge < -0.3 is 4.90 Å². The summed E-state index contributed by atoms with van der Waals surface area (Å²) in [7, 11) is 0. The Morgan fingerprint density at radius 1 is 1.00 bits per heavy atom. The van der Waals surface area contributed by atoms with E-state index >= 15 is 0 Å². The van der Waals surface area contributed by atoms with Gasteiger partial charge in [0, 0.05) is 24.1 Å². The number of rotatable bonds is 6. The van der Waals surface area contributed by atoms with Gasteiger partial charge in [-0.2, -0.15) is 0 Å². The summed E-state index contributed by atoms with van der Waals surface area (Å²) in [5.41, 5.74) is 2.00. The van der Waals surface area contributed by atoms with Crippen LogP contribution in [0.1, 0.15) is 67.8 Å². The molecule has 0 radical (unpaired) electrons. The van der Waals surface area contributed by atoms with Crippen molar-refractivity contribution >= 4 is 11.7 Å². The van der Waals surface area contributed by atoms with Gasteiger partial charge in [-0.1, -0.05) is 49.1 Å². The third kappa shape index (κ3) is 5.19. The van der Waals surface area contributed by atoms with E-state index in [1.165, 1.54) is 24.8 Å². The molecule has 0 spiro atoms. The lowest BCUT2D eigenvalue weighted by molar-refractivity contribution is -0.135. The Hall–Kier alpha value is -1.68. The summed E-state index contributed by atoms with van der Waals surface area (Å²) in [6.45, 7) is 7.14. The molecule has 0 aromatic heterocycles. The predicted molar refractivity (Wildman–Crippen MR) is 109 cm³/mol. The van der Waals surface area contributed by atoms with Crippen molar-refractivity contribution in [3.63, 3.8) is 0 Å². The number of likely N-dealkylation sites (N-methyl/N-ethyl adjacent to an activating group) is 1. The van der Waals surface area contributed by atoms with Crippen molar-refractivity contribution in [1.29, 1.82) is 0 Å². The number of carbonyl (C=O) groups excluding carboxylic acids is 2. The zero-order valence-electron chi connectivity index (χ0n) is 17.0. The topological polar surface area (TPSA) is 40.6 Å². The standard InChI is InChI=1S/C23H34N2O2/c1-3-25(21-7-5-4-6-8-21)22(26)17-24-15-13-20(14-16-24)23(27)19-11-9-18(2)10-12-19/h9-12,20-21H,3-8,13-17H2,1-2H3. The Morgan fingerprint density at radius 2 is 1.63 bits per heavy atom. The molecule has 0 N–H and O–H groups in total. The lowest BCUT2D eigenvalue weighted by atomic mass is 9.88. The number of likely N-dealkylation sites (tertiary alicyclic amines) is 1. The largest absolute Gasteiger partial charge is 0.339 e. The quantitative estimate of drug-likeness (QED) is 0.709. The molecule has 148 valence electrons. The first-order valence-corrected chi connectivity index (χ1v) is 10.7. The highest BCUT2D eigenvalue weighted by Gasteiger charge is 2.29. The van der Waals surface area contributed by atoms with E-state index in [2.05, 4.69) is 16.7 Å². The van der Waals surface area contributed by atoms with Gasteiger partial charge in [0.25, 0.3) is 0 Å². The maximum Gasteiger partial charge on any atom is 0.236 e. The highest BCUT2D eigenvalue weighted by atomic mass is 16.2. The maximum atomic E-state index is 12.8. The summed E-state index contributed by atoms with van der Waals surface area (Å²) in [6.07, 6.45) is 7.84.